The number of aromatic nitrogens is 1. The topological polar surface area (TPSA) is 59.2 Å². The minimum atomic E-state index is -0.550. The van der Waals surface area contributed by atoms with Crippen LogP contribution in [0.3, 0.4) is 0 Å². The van der Waals surface area contributed by atoms with Gasteiger partial charge in [-0.05, 0) is 41.6 Å². The molecule has 0 amide bonds. The zero-order chi connectivity index (χ0) is 13.3. The number of H-pyrrole nitrogens is 1. The molecule has 2 aromatic rings. The van der Waals surface area contributed by atoms with Gasteiger partial charge < -0.3 is 9.72 Å². The van der Waals surface area contributed by atoms with Gasteiger partial charge in [0.1, 0.15) is 5.69 Å². The van der Waals surface area contributed by atoms with Crippen LogP contribution in [0.2, 0.25) is 5.02 Å². The number of hydrogen-bond acceptors (Lipinski definition) is 3. The molecule has 0 bridgehead atoms. The molecule has 1 aromatic carbocycles. The molecule has 0 aliphatic rings. The number of ether oxygens (including phenoxy) is 1. The quantitative estimate of drug-likeness (QED) is 0.647. The summed E-state index contributed by atoms with van der Waals surface area (Å²) in [6.07, 6.45) is 0. The van der Waals surface area contributed by atoms with Crippen molar-refractivity contribution < 1.29 is 9.53 Å². The van der Waals surface area contributed by atoms with E-state index in [1.807, 2.05) is 22.6 Å². The first-order chi connectivity index (χ1) is 8.52. The first-order valence-corrected chi connectivity index (χ1v) is 6.67. The van der Waals surface area contributed by atoms with E-state index in [9.17, 15) is 9.59 Å². The van der Waals surface area contributed by atoms with Gasteiger partial charge in [-0.1, -0.05) is 11.6 Å². The van der Waals surface area contributed by atoms with Crippen molar-refractivity contribution in [3.05, 3.63) is 42.7 Å². The summed E-state index contributed by atoms with van der Waals surface area (Å²) in [6, 6.07) is 4.56. The molecule has 0 fully saturated rings. The van der Waals surface area contributed by atoms with Crippen LogP contribution in [0.15, 0.2) is 23.0 Å². The third kappa shape index (κ3) is 2.51. The van der Waals surface area contributed by atoms with Crippen LogP contribution in [0.25, 0.3) is 10.9 Å². The van der Waals surface area contributed by atoms with Crippen molar-refractivity contribution >= 4 is 51.1 Å². The summed E-state index contributed by atoms with van der Waals surface area (Å²) in [7, 11) is 0. The number of halogens is 2. The van der Waals surface area contributed by atoms with Crippen LogP contribution in [0.5, 0.6) is 0 Å². The van der Waals surface area contributed by atoms with Gasteiger partial charge >= 0.3 is 5.97 Å². The number of nitrogens with one attached hydrogen (secondary N) is 1. The zero-order valence-corrected chi connectivity index (χ0v) is 12.3. The van der Waals surface area contributed by atoms with Crippen LogP contribution in [0.1, 0.15) is 17.4 Å². The maximum atomic E-state index is 12.0. The van der Waals surface area contributed by atoms with Crippen LogP contribution < -0.4 is 5.43 Å². The number of carbonyl (C=O) groups excluding carboxylic acids is 1. The van der Waals surface area contributed by atoms with E-state index in [-0.39, 0.29) is 17.7 Å². The Morgan fingerprint density at radius 2 is 2.17 bits per heavy atom. The first-order valence-electron chi connectivity index (χ1n) is 5.22. The Bertz CT molecular complexity index is 681. The van der Waals surface area contributed by atoms with Gasteiger partial charge in [0.2, 0.25) is 0 Å². The summed E-state index contributed by atoms with van der Waals surface area (Å²) < 4.78 is 5.59. The summed E-state index contributed by atoms with van der Waals surface area (Å²) in [4.78, 5) is 26.4. The third-order valence-corrected chi connectivity index (χ3v) is 3.41. The third-order valence-electron chi connectivity index (χ3n) is 2.34. The molecule has 0 saturated heterocycles. The smallest absolute Gasteiger partial charge is 0.354 e. The van der Waals surface area contributed by atoms with Crippen molar-refractivity contribution in [3.8, 4) is 0 Å². The molecule has 0 radical (unpaired) electrons. The minimum absolute atomic E-state index is 0.132. The first kappa shape index (κ1) is 13.4. The number of esters is 1. The second-order valence-electron chi connectivity index (χ2n) is 3.58. The molecule has 0 atom stereocenters. The van der Waals surface area contributed by atoms with Crippen molar-refractivity contribution in [1.82, 2.24) is 4.98 Å². The van der Waals surface area contributed by atoms with Crippen molar-refractivity contribution in [2.24, 2.45) is 0 Å². The fourth-order valence-electron chi connectivity index (χ4n) is 1.63. The monoisotopic (exact) mass is 377 g/mol. The van der Waals surface area contributed by atoms with Gasteiger partial charge in [0, 0.05) is 14.7 Å². The predicted octanol–water partition coefficient (Wildman–Crippen LogP) is 2.96. The molecule has 0 unspecified atom stereocenters. The van der Waals surface area contributed by atoms with Crippen molar-refractivity contribution in [2.75, 3.05) is 6.61 Å². The number of carbonyl (C=O) groups is 1. The van der Waals surface area contributed by atoms with Crippen LogP contribution in [-0.4, -0.2) is 17.6 Å². The summed E-state index contributed by atoms with van der Waals surface area (Å²) in [5.41, 5.74) is 0.433. The Balaban J connectivity index is 2.69. The Hall–Kier alpha value is -1.08. The molecule has 0 aliphatic carbocycles. The van der Waals surface area contributed by atoms with E-state index in [4.69, 9.17) is 16.3 Å². The molecule has 0 spiro atoms. The SMILES string of the molecule is CCOC(=O)c1cc(=O)c2c(I)cc(Cl)cc2[nH]1. The lowest BCUT2D eigenvalue weighted by molar-refractivity contribution is 0.0520. The summed E-state index contributed by atoms with van der Waals surface area (Å²) >= 11 is 7.96. The fraction of sp³-hybridized carbons (Fsp3) is 0.167. The minimum Gasteiger partial charge on any atom is -0.461 e. The highest BCUT2D eigenvalue weighted by molar-refractivity contribution is 14.1. The number of hydrogen-bond donors (Lipinski definition) is 1. The highest BCUT2D eigenvalue weighted by Crippen LogP contribution is 2.22. The number of fused-ring (bicyclic) bond motifs is 1. The molecule has 94 valence electrons. The molecule has 0 aliphatic heterocycles. The van der Waals surface area contributed by atoms with E-state index in [0.717, 1.165) is 3.57 Å². The molecule has 0 saturated carbocycles. The average Bonchev–Trinajstić information content (AvgIpc) is 2.27. The van der Waals surface area contributed by atoms with E-state index in [1.54, 1.807) is 19.1 Å². The lowest BCUT2D eigenvalue weighted by atomic mass is 10.2. The average molecular weight is 378 g/mol. The normalized spacial score (nSPS) is 10.6. The molecule has 1 aromatic heterocycles. The van der Waals surface area contributed by atoms with E-state index >= 15 is 0 Å². The van der Waals surface area contributed by atoms with Crippen LogP contribution in [-0.2, 0) is 4.74 Å². The highest BCUT2D eigenvalue weighted by Gasteiger charge is 2.12. The van der Waals surface area contributed by atoms with Gasteiger partial charge in [0.15, 0.2) is 5.43 Å². The van der Waals surface area contributed by atoms with Crippen molar-refractivity contribution in [3.63, 3.8) is 0 Å². The van der Waals surface area contributed by atoms with Crippen LogP contribution >= 0.6 is 34.2 Å². The molecular formula is C12H9ClINO3. The summed E-state index contributed by atoms with van der Waals surface area (Å²) in [5, 5.41) is 1.02. The maximum absolute atomic E-state index is 12.0. The van der Waals surface area contributed by atoms with Gasteiger partial charge in [0.25, 0.3) is 0 Å². The maximum Gasteiger partial charge on any atom is 0.354 e. The molecule has 6 heteroatoms. The van der Waals surface area contributed by atoms with Gasteiger partial charge in [-0.25, -0.2) is 4.79 Å². The van der Waals surface area contributed by atoms with Crippen molar-refractivity contribution in [1.29, 1.82) is 0 Å². The van der Waals surface area contributed by atoms with Crippen LogP contribution in [0.4, 0.5) is 0 Å². The van der Waals surface area contributed by atoms with Gasteiger partial charge in [-0.15, -0.1) is 0 Å². The number of pyridine rings is 1. The largest absolute Gasteiger partial charge is 0.461 e. The van der Waals surface area contributed by atoms with Gasteiger partial charge in [0.05, 0.1) is 17.5 Å². The molecule has 2 rings (SSSR count). The lowest BCUT2D eigenvalue weighted by Crippen LogP contribution is -2.13. The Kier molecular flexibility index (Phi) is 3.91. The van der Waals surface area contributed by atoms with Crippen molar-refractivity contribution in [2.45, 2.75) is 6.92 Å². The Morgan fingerprint density at radius 3 is 2.83 bits per heavy atom. The van der Waals surface area contributed by atoms with Gasteiger partial charge in [-0.2, -0.15) is 0 Å². The summed E-state index contributed by atoms with van der Waals surface area (Å²) in [6.45, 7) is 1.96. The standard InChI is InChI=1S/C12H9ClINO3/c1-2-18-12(17)9-5-10(16)11-7(14)3-6(13)4-8(11)15-9/h3-5H,2H2,1H3,(H,15,16). The Morgan fingerprint density at radius 1 is 1.44 bits per heavy atom. The molecule has 18 heavy (non-hydrogen) atoms. The number of rotatable bonds is 2. The predicted molar refractivity (Wildman–Crippen MR) is 78.3 cm³/mol. The molecule has 1 N–H and O–H groups in total. The van der Waals surface area contributed by atoms with Gasteiger partial charge in [-0.3, -0.25) is 4.79 Å². The van der Waals surface area contributed by atoms with E-state index in [2.05, 4.69) is 4.98 Å². The molecule has 4 nitrogen and oxygen atoms in total. The lowest BCUT2D eigenvalue weighted by Gasteiger charge is -2.05. The molecule has 1 heterocycles. The van der Waals surface area contributed by atoms with Crippen LogP contribution in [0, 0.1) is 3.57 Å². The number of aromatic amines is 1. The highest BCUT2D eigenvalue weighted by atomic mass is 127. The van der Waals surface area contributed by atoms with E-state index in [1.165, 1.54) is 6.07 Å². The Labute approximate surface area is 121 Å². The molecular weight excluding hydrogens is 368 g/mol. The second-order valence-corrected chi connectivity index (χ2v) is 5.18. The number of benzene rings is 1. The fourth-order valence-corrected chi connectivity index (χ4v) is 2.92. The van der Waals surface area contributed by atoms with E-state index in [0.29, 0.717) is 15.9 Å². The van der Waals surface area contributed by atoms with E-state index < -0.39 is 5.97 Å². The zero-order valence-electron chi connectivity index (χ0n) is 9.42. The summed E-state index contributed by atoms with van der Waals surface area (Å²) in [5.74, 6) is -0.550. The second kappa shape index (κ2) is 5.27.